The fraction of sp³-hybridized carbons (Fsp3) is 1.00. The van der Waals surface area contributed by atoms with Gasteiger partial charge >= 0.3 is 0 Å². The normalized spacial score (nSPS) is 31.6. The van der Waals surface area contributed by atoms with Gasteiger partial charge in [-0.25, -0.2) is 0 Å². The van der Waals surface area contributed by atoms with E-state index < -0.39 is 0 Å². The van der Waals surface area contributed by atoms with Gasteiger partial charge in [0.1, 0.15) is 0 Å². The van der Waals surface area contributed by atoms with E-state index in [1.165, 1.54) is 12.8 Å². The van der Waals surface area contributed by atoms with Gasteiger partial charge in [-0.15, -0.1) is 0 Å². The summed E-state index contributed by atoms with van der Waals surface area (Å²) in [6, 6.07) is 0. The van der Waals surface area contributed by atoms with Crippen LogP contribution in [0.3, 0.4) is 0 Å². The minimum Gasteiger partial charge on any atom is -0.393 e. The van der Waals surface area contributed by atoms with Crippen LogP contribution in [0, 0.1) is 5.92 Å². The first kappa shape index (κ1) is 9.75. The molecule has 0 heterocycles. The molecule has 1 fully saturated rings. The maximum Gasteiger partial charge on any atom is 0.0587 e. The van der Waals surface area contributed by atoms with Crippen molar-refractivity contribution in [3.8, 4) is 0 Å². The lowest BCUT2D eigenvalue weighted by molar-refractivity contribution is 0.140. The topological polar surface area (TPSA) is 20.2 Å². The monoisotopic (exact) mass is 192 g/mol. The summed E-state index contributed by atoms with van der Waals surface area (Å²) in [6.07, 6.45) is 7.68. The van der Waals surface area contributed by atoms with Crippen molar-refractivity contribution in [3.05, 3.63) is 0 Å². The zero-order valence-corrected chi connectivity index (χ0v) is 8.75. The molecule has 0 bridgehead atoms. The smallest absolute Gasteiger partial charge is 0.0587 e. The van der Waals surface area contributed by atoms with Crippen LogP contribution < -0.4 is 0 Å². The number of aliphatic hydroxyl groups excluding tert-OH is 1. The number of aliphatic hydroxyl groups is 1. The molecule has 0 amide bonds. The number of hydrogen-bond acceptors (Lipinski definition) is 3. The molecule has 1 nitrogen and oxygen atoms in total. The molecule has 0 aromatic heterocycles. The summed E-state index contributed by atoms with van der Waals surface area (Å²) in [4.78, 5) is 0. The SMILES string of the molecule is CSC(SC)[C@@H]1CCC[C@H]1O. The Kier molecular flexibility index (Phi) is 4.10. The van der Waals surface area contributed by atoms with E-state index in [0.717, 1.165) is 6.42 Å². The standard InChI is InChI=1S/C8H16OS2/c1-10-8(11-2)6-4-3-5-7(6)9/h6-9H,3-5H2,1-2H3/t6-,7-/m1/s1. The maximum absolute atomic E-state index is 9.59. The fourth-order valence-corrected chi connectivity index (χ4v) is 3.84. The lowest BCUT2D eigenvalue weighted by Crippen LogP contribution is -2.22. The van der Waals surface area contributed by atoms with E-state index in [-0.39, 0.29) is 6.10 Å². The zero-order valence-electron chi connectivity index (χ0n) is 7.12. The molecule has 2 atom stereocenters. The van der Waals surface area contributed by atoms with Crippen molar-refractivity contribution in [2.45, 2.75) is 29.9 Å². The molecule has 0 aromatic rings. The minimum absolute atomic E-state index is 0.0279. The lowest BCUT2D eigenvalue weighted by atomic mass is 10.1. The number of thioether (sulfide) groups is 2. The molecule has 0 saturated heterocycles. The van der Waals surface area contributed by atoms with E-state index in [1.54, 1.807) is 0 Å². The third kappa shape index (κ3) is 2.30. The van der Waals surface area contributed by atoms with E-state index in [1.807, 2.05) is 23.5 Å². The molecular formula is C8H16OS2. The third-order valence-electron chi connectivity index (χ3n) is 2.35. The van der Waals surface area contributed by atoms with E-state index in [2.05, 4.69) is 12.5 Å². The van der Waals surface area contributed by atoms with Crippen molar-refractivity contribution >= 4 is 23.5 Å². The second-order valence-electron chi connectivity index (χ2n) is 3.00. The molecule has 1 saturated carbocycles. The highest BCUT2D eigenvalue weighted by atomic mass is 32.2. The Hall–Kier alpha value is 0.660. The highest BCUT2D eigenvalue weighted by Gasteiger charge is 2.31. The van der Waals surface area contributed by atoms with Crippen molar-refractivity contribution in [1.29, 1.82) is 0 Å². The molecule has 11 heavy (non-hydrogen) atoms. The van der Waals surface area contributed by atoms with Gasteiger partial charge in [-0.05, 0) is 25.4 Å². The van der Waals surface area contributed by atoms with Crippen LogP contribution in [-0.2, 0) is 0 Å². The first-order valence-corrected chi connectivity index (χ1v) is 6.61. The van der Waals surface area contributed by atoms with E-state index in [0.29, 0.717) is 10.5 Å². The van der Waals surface area contributed by atoms with Crippen LogP contribution in [-0.4, -0.2) is 28.3 Å². The van der Waals surface area contributed by atoms with Gasteiger partial charge in [0.05, 0.1) is 10.7 Å². The van der Waals surface area contributed by atoms with Gasteiger partial charge in [-0.1, -0.05) is 6.42 Å². The summed E-state index contributed by atoms with van der Waals surface area (Å²) < 4.78 is 0.604. The Balaban J connectivity index is 2.43. The molecule has 0 unspecified atom stereocenters. The largest absolute Gasteiger partial charge is 0.393 e. The Labute approximate surface area is 77.3 Å². The maximum atomic E-state index is 9.59. The molecule has 1 aliphatic carbocycles. The Morgan fingerprint density at radius 3 is 2.27 bits per heavy atom. The van der Waals surface area contributed by atoms with Gasteiger partial charge in [0.25, 0.3) is 0 Å². The van der Waals surface area contributed by atoms with E-state index in [9.17, 15) is 5.11 Å². The molecule has 3 heteroatoms. The lowest BCUT2D eigenvalue weighted by Gasteiger charge is -2.22. The van der Waals surface area contributed by atoms with Gasteiger partial charge in [0.15, 0.2) is 0 Å². The highest BCUT2D eigenvalue weighted by molar-refractivity contribution is 8.16. The molecule has 1 N–H and O–H groups in total. The van der Waals surface area contributed by atoms with Gasteiger partial charge in [-0.2, -0.15) is 23.5 Å². The van der Waals surface area contributed by atoms with Gasteiger partial charge < -0.3 is 5.11 Å². The van der Waals surface area contributed by atoms with Crippen LogP contribution in [0.15, 0.2) is 0 Å². The first-order chi connectivity index (χ1) is 5.29. The molecule has 0 aliphatic heterocycles. The predicted molar refractivity (Wildman–Crippen MR) is 54.2 cm³/mol. The Morgan fingerprint density at radius 1 is 1.27 bits per heavy atom. The third-order valence-corrected chi connectivity index (χ3v) is 5.13. The van der Waals surface area contributed by atoms with Crippen LogP contribution in [0.25, 0.3) is 0 Å². The van der Waals surface area contributed by atoms with Crippen LogP contribution in [0.4, 0.5) is 0 Å². The van der Waals surface area contributed by atoms with Crippen LogP contribution >= 0.6 is 23.5 Å². The summed E-state index contributed by atoms with van der Waals surface area (Å²) in [5, 5.41) is 9.59. The van der Waals surface area contributed by atoms with E-state index in [4.69, 9.17) is 0 Å². The fourth-order valence-electron chi connectivity index (χ4n) is 1.73. The second-order valence-corrected chi connectivity index (χ2v) is 5.26. The summed E-state index contributed by atoms with van der Waals surface area (Å²) in [7, 11) is 0. The molecule has 0 spiro atoms. The first-order valence-electron chi connectivity index (χ1n) is 4.03. The van der Waals surface area contributed by atoms with Gasteiger partial charge in [-0.3, -0.25) is 0 Å². The summed E-state index contributed by atoms with van der Waals surface area (Å²) in [6.45, 7) is 0. The predicted octanol–water partition coefficient (Wildman–Crippen LogP) is 2.20. The summed E-state index contributed by atoms with van der Waals surface area (Å²) >= 11 is 3.75. The average Bonchev–Trinajstić information content (AvgIpc) is 2.40. The van der Waals surface area contributed by atoms with Crippen LogP contribution in [0.1, 0.15) is 19.3 Å². The quantitative estimate of drug-likeness (QED) is 0.692. The van der Waals surface area contributed by atoms with Gasteiger partial charge in [0.2, 0.25) is 0 Å². The van der Waals surface area contributed by atoms with Crippen molar-refractivity contribution in [2.24, 2.45) is 5.92 Å². The zero-order chi connectivity index (χ0) is 8.27. The Bertz CT molecular complexity index is 115. The molecule has 0 radical (unpaired) electrons. The minimum atomic E-state index is -0.0279. The molecule has 1 rings (SSSR count). The summed E-state index contributed by atoms with van der Waals surface area (Å²) in [5.41, 5.74) is 0. The highest BCUT2D eigenvalue weighted by Crippen LogP contribution is 2.37. The van der Waals surface area contributed by atoms with Crippen molar-refractivity contribution < 1.29 is 5.11 Å². The van der Waals surface area contributed by atoms with Crippen LogP contribution in [0.5, 0.6) is 0 Å². The molecule has 66 valence electrons. The van der Waals surface area contributed by atoms with Crippen molar-refractivity contribution in [3.63, 3.8) is 0 Å². The second kappa shape index (κ2) is 4.63. The molecular weight excluding hydrogens is 176 g/mol. The number of rotatable bonds is 3. The summed E-state index contributed by atoms with van der Waals surface area (Å²) in [5.74, 6) is 0.542. The molecule has 0 aromatic carbocycles. The van der Waals surface area contributed by atoms with Crippen molar-refractivity contribution in [2.75, 3.05) is 12.5 Å². The Morgan fingerprint density at radius 2 is 1.91 bits per heavy atom. The average molecular weight is 192 g/mol. The number of hydrogen-bond donors (Lipinski definition) is 1. The van der Waals surface area contributed by atoms with E-state index >= 15 is 0 Å². The van der Waals surface area contributed by atoms with Gasteiger partial charge in [0, 0.05) is 5.92 Å². The van der Waals surface area contributed by atoms with Crippen molar-refractivity contribution in [1.82, 2.24) is 0 Å². The van der Waals surface area contributed by atoms with Crippen LogP contribution in [0.2, 0.25) is 0 Å². The molecule has 1 aliphatic rings.